The molecule has 0 saturated heterocycles. The van der Waals surface area contributed by atoms with E-state index < -0.39 is 0 Å². The second-order valence-electron chi connectivity index (χ2n) is 4.06. The van der Waals surface area contributed by atoms with E-state index in [0.717, 1.165) is 16.8 Å². The minimum atomic E-state index is -0.194. The molecule has 0 radical (unpaired) electrons. The molecule has 0 unspecified atom stereocenters. The van der Waals surface area contributed by atoms with Crippen LogP contribution >= 0.6 is 0 Å². The third-order valence-corrected chi connectivity index (χ3v) is 2.80. The molecular formula is C15H11N3O. The number of rotatable bonds is 2. The van der Waals surface area contributed by atoms with Crippen molar-refractivity contribution in [3.8, 4) is 22.5 Å². The van der Waals surface area contributed by atoms with Crippen LogP contribution < -0.4 is 5.56 Å². The molecule has 0 aliphatic heterocycles. The van der Waals surface area contributed by atoms with E-state index in [9.17, 15) is 4.79 Å². The zero-order valence-corrected chi connectivity index (χ0v) is 10.1. The highest BCUT2D eigenvalue weighted by molar-refractivity contribution is 5.68. The number of aromatic amines is 1. The molecule has 3 aromatic rings. The molecule has 2 heterocycles. The maximum absolute atomic E-state index is 11.7. The van der Waals surface area contributed by atoms with Crippen molar-refractivity contribution < 1.29 is 0 Å². The Balaban J connectivity index is 2.11. The van der Waals surface area contributed by atoms with Gasteiger partial charge >= 0.3 is 0 Å². The normalized spacial score (nSPS) is 10.3. The first-order valence-corrected chi connectivity index (χ1v) is 5.90. The first-order valence-electron chi connectivity index (χ1n) is 5.90. The highest BCUT2D eigenvalue weighted by Gasteiger charge is 2.06. The molecule has 0 aliphatic carbocycles. The fraction of sp³-hybridized carbons (Fsp3) is 0. The number of hydrogen-bond donors (Lipinski definition) is 1. The summed E-state index contributed by atoms with van der Waals surface area (Å²) in [5, 5.41) is 0. The van der Waals surface area contributed by atoms with Crippen LogP contribution in [0.25, 0.3) is 22.5 Å². The number of nitrogens with zero attached hydrogens (tertiary/aromatic N) is 2. The Labute approximate surface area is 109 Å². The largest absolute Gasteiger partial charge is 0.326 e. The van der Waals surface area contributed by atoms with Crippen LogP contribution in [0.2, 0.25) is 0 Å². The molecule has 0 amide bonds. The summed E-state index contributed by atoms with van der Waals surface area (Å²) in [6.45, 7) is 0. The maximum atomic E-state index is 11.7. The van der Waals surface area contributed by atoms with Crippen LogP contribution in [0.5, 0.6) is 0 Å². The van der Waals surface area contributed by atoms with Gasteiger partial charge in [-0.25, -0.2) is 4.98 Å². The minimum absolute atomic E-state index is 0.194. The van der Waals surface area contributed by atoms with Gasteiger partial charge in [0, 0.05) is 29.7 Å². The Bertz CT molecular complexity index is 750. The number of hydrogen-bond acceptors (Lipinski definition) is 3. The highest BCUT2D eigenvalue weighted by Crippen LogP contribution is 2.21. The van der Waals surface area contributed by atoms with Crippen molar-refractivity contribution in [3.63, 3.8) is 0 Å². The third kappa shape index (κ3) is 2.28. The van der Waals surface area contributed by atoms with Crippen LogP contribution in [0.15, 0.2) is 65.8 Å². The topological polar surface area (TPSA) is 58.6 Å². The van der Waals surface area contributed by atoms with E-state index in [1.165, 1.54) is 6.20 Å². The maximum Gasteiger partial charge on any atom is 0.274 e. The van der Waals surface area contributed by atoms with Crippen LogP contribution in [0.1, 0.15) is 0 Å². The SMILES string of the molecule is O=c1[nH]ccnc1-c1cccc(-c2ccccn2)c1. The van der Waals surface area contributed by atoms with Gasteiger partial charge in [0.25, 0.3) is 5.56 Å². The summed E-state index contributed by atoms with van der Waals surface area (Å²) < 4.78 is 0. The lowest BCUT2D eigenvalue weighted by Crippen LogP contribution is -2.09. The molecule has 19 heavy (non-hydrogen) atoms. The Morgan fingerprint density at radius 3 is 2.58 bits per heavy atom. The van der Waals surface area contributed by atoms with Gasteiger partial charge in [0.1, 0.15) is 5.69 Å². The number of pyridine rings is 1. The Morgan fingerprint density at radius 2 is 1.79 bits per heavy atom. The zero-order valence-electron chi connectivity index (χ0n) is 10.1. The summed E-state index contributed by atoms with van der Waals surface area (Å²) in [6.07, 6.45) is 4.84. The molecule has 4 heteroatoms. The molecule has 1 N–H and O–H groups in total. The smallest absolute Gasteiger partial charge is 0.274 e. The van der Waals surface area contributed by atoms with Gasteiger partial charge in [-0.1, -0.05) is 24.3 Å². The lowest BCUT2D eigenvalue weighted by molar-refractivity contribution is 1.14. The lowest BCUT2D eigenvalue weighted by Gasteiger charge is -2.03. The molecule has 1 aromatic carbocycles. The second kappa shape index (κ2) is 4.86. The molecule has 0 aliphatic rings. The molecule has 0 spiro atoms. The predicted octanol–water partition coefficient (Wildman–Crippen LogP) is 2.50. The van der Waals surface area contributed by atoms with E-state index >= 15 is 0 Å². The number of nitrogens with one attached hydrogen (secondary N) is 1. The van der Waals surface area contributed by atoms with Crippen LogP contribution in [-0.4, -0.2) is 15.0 Å². The van der Waals surface area contributed by atoms with E-state index in [-0.39, 0.29) is 5.56 Å². The quantitative estimate of drug-likeness (QED) is 0.759. The number of benzene rings is 1. The summed E-state index contributed by atoms with van der Waals surface area (Å²) in [7, 11) is 0. The van der Waals surface area contributed by atoms with Crippen molar-refractivity contribution in [2.24, 2.45) is 0 Å². The van der Waals surface area contributed by atoms with Crippen LogP contribution in [0, 0.1) is 0 Å². The standard InChI is InChI=1S/C15H11N3O/c19-15-14(17-8-9-18-15)12-5-3-4-11(10-12)13-6-1-2-7-16-13/h1-10H,(H,18,19). The summed E-state index contributed by atoms with van der Waals surface area (Å²) in [5.41, 5.74) is 2.84. The van der Waals surface area contributed by atoms with E-state index in [1.807, 2.05) is 42.5 Å². The highest BCUT2D eigenvalue weighted by atomic mass is 16.1. The van der Waals surface area contributed by atoms with Crippen LogP contribution in [0.4, 0.5) is 0 Å². The number of aromatic nitrogens is 3. The van der Waals surface area contributed by atoms with Gasteiger partial charge in [-0.05, 0) is 18.2 Å². The number of H-pyrrole nitrogens is 1. The van der Waals surface area contributed by atoms with Crippen molar-refractivity contribution >= 4 is 0 Å². The van der Waals surface area contributed by atoms with Crippen molar-refractivity contribution in [3.05, 3.63) is 71.4 Å². The van der Waals surface area contributed by atoms with E-state index in [0.29, 0.717) is 5.69 Å². The van der Waals surface area contributed by atoms with Crippen molar-refractivity contribution in [1.82, 2.24) is 15.0 Å². The summed E-state index contributed by atoms with van der Waals surface area (Å²) in [5.74, 6) is 0. The fourth-order valence-corrected chi connectivity index (χ4v) is 1.92. The Hall–Kier alpha value is -2.75. The van der Waals surface area contributed by atoms with Gasteiger partial charge in [0.2, 0.25) is 0 Å². The van der Waals surface area contributed by atoms with Crippen molar-refractivity contribution in [2.75, 3.05) is 0 Å². The molecular weight excluding hydrogens is 238 g/mol. The lowest BCUT2D eigenvalue weighted by atomic mass is 10.1. The third-order valence-electron chi connectivity index (χ3n) is 2.80. The molecule has 92 valence electrons. The molecule has 0 saturated carbocycles. The summed E-state index contributed by atoms with van der Waals surface area (Å²) in [6, 6.07) is 13.4. The Morgan fingerprint density at radius 1 is 0.895 bits per heavy atom. The van der Waals surface area contributed by atoms with Crippen LogP contribution in [-0.2, 0) is 0 Å². The summed E-state index contributed by atoms with van der Waals surface area (Å²) in [4.78, 5) is 22.8. The van der Waals surface area contributed by atoms with E-state index in [2.05, 4.69) is 15.0 Å². The van der Waals surface area contributed by atoms with Gasteiger partial charge < -0.3 is 4.98 Å². The first kappa shape index (κ1) is 11.3. The van der Waals surface area contributed by atoms with Crippen molar-refractivity contribution in [2.45, 2.75) is 0 Å². The summed E-state index contributed by atoms with van der Waals surface area (Å²) >= 11 is 0. The molecule has 0 fully saturated rings. The van der Waals surface area contributed by atoms with Gasteiger partial charge in [-0.3, -0.25) is 9.78 Å². The Kier molecular flexibility index (Phi) is 2.90. The van der Waals surface area contributed by atoms with E-state index in [4.69, 9.17) is 0 Å². The van der Waals surface area contributed by atoms with Gasteiger partial charge in [-0.15, -0.1) is 0 Å². The average Bonchev–Trinajstić information content (AvgIpc) is 2.49. The molecule has 2 aromatic heterocycles. The molecule has 4 nitrogen and oxygen atoms in total. The molecule has 0 atom stereocenters. The van der Waals surface area contributed by atoms with Gasteiger partial charge in [-0.2, -0.15) is 0 Å². The van der Waals surface area contributed by atoms with Gasteiger partial charge in [0.05, 0.1) is 5.69 Å². The molecule has 3 rings (SSSR count). The van der Waals surface area contributed by atoms with E-state index in [1.54, 1.807) is 12.4 Å². The first-order chi connectivity index (χ1) is 9.34. The monoisotopic (exact) mass is 249 g/mol. The fourth-order valence-electron chi connectivity index (χ4n) is 1.92. The second-order valence-corrected chi connectivity index (χ2v) is 4.06. The minimum Gasteiger partial charge on any atom is -0.326 e. The zero-order chi connectivity index (χ0) is 13.1. The predicted molar refractivity (Wildman–Crippen MR) is 73.5 cm³/mol. The van der Waals surface area contributed by atoms with Gasteiger partial charge in [0.15, 0.2) is 0 Å². The average molecular weight is 249 g/mol. The van der Waals surface area contributed by atoms with Crippen LogP contribution in [0.3, 0.4) is 0 Å². The molecule has 0 bridgehead atoms. The van der Waals surface area contributed by atoms with Crippen molar-refractivity contribution in [1.29, 1.82) is 0 Å².